The molecule has 2 atom stereocenters. The minimum atomic E-state index is -0.745. The fourth-order valence-electron chi connectivity index (χ4n) is 3.28. The molecule has 0 saturated heterocycles. The number of ether oxygens (including phenoxy) is 2. The quantitative estimate of drug-likeness (QED) is 0.642. The van der Waals surface area contributed by atoms with Gasteiger partial charge in [0.05, 0.1) is 18.6 Å². The highest BCUT2D eigenvalue weighted by atomic mass is 35.5. The number of rotatable bonds is 9. The summed E-state index contributed by atoms with van der Waals surface area (Å²) in [7, 11) is 1.58. The molecule has 2 rings (SSSR count). The lowest BCUT2D eigenvalue weighted by atomic mass is 9.82. The zero-order valence-corrected chi connectivity index (χ0v) is 17.0. The van der Waals surface area contributed by atoms with Gasteiger partial charge in [-0.1, -0.05) is 48.0 Å². The number of carbonyl (C=O) groups excluding carboxylic acids is 1. The highest BCUT2D eigenvalue weighted by Crippen LogP contribution is 2.27. The molecule has 0 bridgehead atoms. The average Bonchev–Trinajstić information content (AvgIpc) is 2.62. The summed E-state index contributed by atoms with van der Waals surface area (Å²) in [4.78, 5) is 12.3. The van der Waals surface area contributed by atoms with Crippen molar-refractivity contribution in [1.29, 1.82) is 0 Å². The van der Waals surface area contributed by atoms with E-state index in [-0.39, 0.29) is 18.6 Å². The maximum Gasteiger partial charge on any atom is 0.314 e. The summed E-state index contributed by atoms with van der Waals surface area (Å²) in [6, 6.07) is 15.8. The molecular weight excluding hydrogens is 362 g/mol. The van der Waals surface area contributed by atoms with Crippen LogP contribution in [0.3, 0.4) is 0 Å². The van der Waals surface area contributed by atoms with Crippen molar-refractivity contribution < 1.29 is 14.3 Å². The Labute approximate surface area is 166 Å². The molecular formula is C22H28ClNO3. The van der Waals surface area contributed by atoms with E-state index in [1.54, 1.807) is 14.0 Å². The van der Waals surface area contributed by atoms with Gasteiger partial charge >= 0.3 is 5.97 Å². The van der Waals surface area contributed by atoms with Gasteiger partial charge < -0.3 is 15.2 Å². The van der Waals surface area contributed by atoms with Crippen molar-refractivity contribution in [1.82, 2.24) is 0 Å². The van der Waals surface area contributed by atoms with Gasteiger partial charge in [-0.2, -0.15) is 0 Å². The van der Waals surface area contributed by atoms with Gasteiger partial charge in [-0.25, -0.2) is 0 Å². The molecule has 2 unspecified atom stereocenters. The van der Waals surface area contributed by atoms with E-state index in [2.05, 4.69) is 24.3 Å². The summed E-state index contributed by atoms with van der Waals surface area (Å²) in [6.07, 6.45) is 1.17. The smallest absolute Gasteiger partial charge is 0.314 e. The van der Waals surface area contributed by atoms with Crippen molar-refractivity contribution in [2.24, 2.45) is 11.1 Å². The highest BCUT2D eigenvalue weighted by Gasteiger charge is 2.36. The Morgan fingerprint density at radius 2 is 1.89 bits per heavy atom. The van der Waals surface area contributed by atoms with Crippen LogP contribution in [0.2, 0.25) is 5.02 Å². The summed E-state index contributed by atoms with van der Waals surface area (Å²) in [5.74, 6) is -0.265. The molecule has 0 aromatic heterocycles. The van der Waals surface area contributed by atoms with Crippen molar-refractivity contribution in [2.75, 3.05) is 20.3 Å². The minimum Gasteiger partial charge on any atom is -0.466 e. The number of carbonyl (C=O) groups is 1. The number of halogens is 1. The Balaban J connectivity index is 2.04. The molecule has 4 nitrogen and oxygen atoms in total. The maximum atomic E-state index is 12.3. The van der Waals surface area contributed by atoms with Crippen molar-refractivity contribution in [3.63, 3.8) is 0 Å². The molecule has 146 valence electrons. The molecule has 0 saturated carbocycles. The second-order valence-electron chi connectivity index (χ2n) is 7.09. The first-order valence-electron chi connectivity index (χ1n) is 9.14. The Bertz CT molecular complexity index is 747. The molecule has 0 amide bonds. The van der Waals surface area contributed by atoms with Crippen molar-refractivity contribution in [3.8, 4) is 11.1 Å². The summed E-state index contributed by atoms with van der Waals surface area (Å²) in [5.41, 5.74) is 8.90. The lowest BCUT2D eigenvalue weighted by Gasteiger charge is -2.29. The van der Waals surface area contributed by atoms with Gasteiger partial charge in [0.1, 0.15) is 0 Å². The molecule has 0 aliphatic heterocycles. The van der Waals surface area contributed by atoms with Crippen molar-refractivity contribution in [2.45, 2.75) is 32.7 Å². The lowest BCUT2D eigenvalue weighted by molar-refractivity contribution is -0.158. The fourth-order valence-corrected chi connectivity index (χ4v) is 3.47. The zero-order valence-electron chi connectivity index (χ0n) is 16.2. The number of esters is 1. The van der Waals surface area contributed by atoms with Crippen LogP contribution in [0.15, 0.2) is 48.5 Å². The molecule has 2 aromatic carbocycles. The molecule has 2 aromatic rings. The molecule has 0 spiro atoms. The number of hydrogen-bond donors (Lipinski definition) is 1. The molecule has 0 aliphatic carbocycles. The molecule has 27 heavy (non-hydrogen) atoms. The first kappa shape index (κ1) is 21.4. The van der Waals surface area contributed by atoms with Crippen LogP contribution in [0, 0.1) is 5.41 Å². The molecule has 0 fully saturated rings. The van der Waals surface area contributed by atoms with Crippen LogP contribution in [-0.4, -0.2) is 32.3 Å². The number of methoxy groups -OCH3 is 1. The molecule has 0 heterocycles. The number of hydrogen-bond acceptors (Lipinski definition) is 4. The van der Waals surface area contributed by atoms with E-state index < -0.39 is 5.41 Å². The van der Waals surface area contributed by atoms with Gasteiger partial charge in [0.15, 0.2) is 0 Å². The largest absolute Gasteiger partial charge is 0.466 e. The standard InChI is InChI=1S/C22H28ClNO3/c1-4-27-21(25)22(2,15-26-3)14-20(24)12-16-8-10-17(11-9-16)18-6-5-7-19(23)13-18/h5-11,13,20H,4,12,14-15,24H2,1-3H3. The summed E-state index contributed by atoms with van der Waals surface area (Å²) < 4.78 is 10.4. The van der Waals surface area contributed by atoms with E-state index in [0.717, 1.165) is 21.7 Å². The predicted molar refractivity (Wildman–Crippen MR) is 110 cm³/mol. The number of nitrogens with two attached hydrogens (primary N) is 1. The molecule has 0 radical (unpaired) electrons. The van der Waals surface area contributed by atoms with Crippen LogP contribution in [0.1, 0.15) is 25.8 Å². The predicted octanol–water partition coefficient (Wildman–Crippen LogP) is 4.48. The maximum absolute atomic E-state index is 12.3. The number of benzene rings is 2. The van der Waals surface area contributed by atoms with E-state index in [4.69, 9.17) is 26.8 Å². The minimum absolute atomic E-state index is 0.174. The van der Waals surface area contributed by atoms with Crippen molar-refractivity contribution >= 4 is 17.6 Å². The van der Waals surface area contributed by atoms with Gasteiger partial charge in [0.25, 0.3) is 0 Å². The Morgan fingerprint density at radius 3 is 2.48 bits per heavy atom. The van der Waals surface area contributed by atoms with Crippen molar-refractivity contribution in [3.05, 3.63) is 59.1 Å². The summed E-state index contributed by atoms with van der Waals surface area (Å²) in [5, 5.41) is 0.718. The van der Waals surface area contributed by atoms with Gasteiger partial charge in [-0.15, -0.1) is 0 Å². The normalized spacial score (nSPS) is 14.4. The van der Waals surface area contributed by atoms with E-state index >= 15 is 0 Å². The first-order valence-corrected chi connectivity index (χ1v) is 9.52. The second-order valence-corrected chi connectivity index (χ2v) is 7.53. The molecule has 0 aliphatic rings. The molecule has 2 N–H and O–H groups in total. The average molecular weight is 390 g/mol. The monoisotopic (exact) mass is 389 g/mol. The van der Waals surface area contributed by atoms with E-state index in [1.165, 1.54) is 0 Å². The van der Waals surface area contributed by atoms with Gasteiger partial charge in [0.2, 0.25) is 0 Å². The zero-order chi connectivity index (χ0) is 19.9. The molecule has 5 heteroatoms. The van der Waals surface area contributed by atoms with Crippen LogP contribution in [-0.2, 0) is 20.7 Å². The Hall–Kier alpha value is -1.88. The summed E-state index contributed by atoms with van der Waals surface area (Å²) in [6.45, 7) is 4.27. The Kier molecular flexibility index (Phi) is 7.84. The lowest BCUT2D eigenvalue weighted by Crippen LogP contribution is -2.41. The van der Waals surface area contributed by atoms with E-state index in [0.29, 0.717) is 19.4 Å². The van der Waals surface area contributed by atoms with Gasteiger partial charge in [0, 0.05) is 18.2 Å². The first-order chi connectivity index (χ1) is 12.9. The van der Waals surface area contributed by atoms with E-state index in [1.807, 2.05) is 31.2 Å². The third-order valence-electron chi connectivity index (χ3n) is 4.55. The van der Waals surface area contributed by atoms with Crippen LogP contribution >= 0.6 is 11.6 Å². The van der Waals surface area contributed by atoms with Gasteiger partial charge in [-0.05, 0) is 55.5 Å². The van der Waals surface area contributed by atoms with Crippen LogP contribution in [0.25, 0.3) is 11.1 Å². The topological polar surface area (TPSA) is 61.5 Å². The van der Waals surface area contributed by atoms with Crippen LogP contribution in [0.5, 0.6) is 0 Å². The van der Waals surface area contributed by atoms with Crippen LogP contribution < -0.4 is 5.73 Å². The fraction of sp³-hybridized carbons (Fsp3) is 0.409. The third-order valence-corrected chi connectivity index (χ3v) is 4.79. The van der Waals surface area contributed by atoms with Crippen LogP contribution in [0.4, 0.5) is 0 Å². The summed E-state index contributed by atoms with van der Waals surface area (Å²) >= 11 is 6.07. The van der Waals surface area contributed by atoms with E-state index in [9.17, 15) is 4.79 Å². The third kappa shape index (κ3) is 6.06. The second kappa shape index (κ2) is 9.88. The SMILES string of the molecule is CCOC(=O)C(C)(COC)CC(N)Cc1ccc(-c2cccc(Cl)c2)cc1. The van der Waals surface area contributed by atoms with Gasteiger partial charge in [-0.3, -0.25) is 4.79 Å². The Morgan fingerprint density at radius 1 is 1.19 bits per heavy atom. The highest BCUT2D eigenvalue weighted by molar-refractivity contribution is 6.30.